The zero-order valence-electron chi connectivity index (χ0n) is 19.2. The van der Waals surface area contributed by atoms with Gasteiger partial charge in [-0.3, -0.25) is 9.69 Å². The predicted octanol–water partition coefficient (Wildman–Crippen LogP) is 3.90. The van der Waals surface area contributed by atoms with E-state index in [1.54, 1.807) is 18.2 Å². The number of anilines is 2. The number of halogens is 3. The molecule has 0 aromatic heterocycles. The maximum atomic E-state index is 15.0. The van der Waals surface area contributed by atoms with Gasteiger partial charge in [0.1, 0.15) is 18.0 Å². The molecule has 10 heteroatoms. The smallest absolute Gasteiger partial charge is 0.414 e. The highest BCUT2D eigenvalue weighted by Gasteiger charge is 2.33. The zero-order chi connectivity index (χ0) is 25.1. The molecule has 2 aromatic rings. The Balaban J connectivity index is 1.37. The zero-order valence-corrected chi connectivity index (χ0v) is 19.2. The summed E-state index contributed by atoms with van der Waals surface area (Å²) in [7, 11) is 0. The van der Waals surface area contributed by atoms with Crippen LogP contribution in [0.15, 0.2) is 30.3 Å². The molecule has 4 rings (SSSR count). The van der Waals surface area contributed by atoms with Crippen molar-refractivity contribution in [1.29, 1.82) is 5.26 Å². The monoisotopic (exact) mass is 486 g/mol. The van der Waals surface area contributed by atoms with Gasteiger partial charge in [-0.05, 0) is 55.0 Å². The number of nitrogens with one attached hydrogen (secondary N) is 1. The average molecular weight is 486 g/mol. The van der Waals surface area contributed by atoms with Gasteiger partial charge in [0.2, 0.25) is 5.91 Å². The number of hydrogen-bond donors (Lipinski definition) is 1. The maximum absolute atomic E-state index is 15.0. The Kier molecular flexibility index (Phi) is 7.15. The van der Waals surface area contributed by atoms with Gasteiger partial charge in [-0.25, -0.2) is 18.0 Å². The van der Waals surface area contributed by atoms with Crippen molar-refractivity contribution in [1.82, 2.24) is 5.32 Å². The van der Waals surface area contributed by atoms with Gasteiger partial charge in [-0.2, -0.15) is 5.26 Å². The average Bonchev–Trinajstić information content (AvgIpc) is 3.21. The molecule has 1 N–H and O–H groups in total. The molecule has 0 unspecified atom stereocenters. The summed E-state index contributed by atoms with van der Waals surface area (Å²) in [5, 5.41) is 11.8. The van der Waals surface area contributed by atoms with Gasteiger partial charge < -0.3 is 15.0 Å². The minimum absolute atomic E-state index is 0.158. The number of hydrogen-bond acceptors (Lipinski definition) is 5. The Hall–Kier alpha value is -3.74. The molecule has 2 aromatic carbocycles. The summed E-state index contributed by atoms with van der Waals surface area (Å²) in [5.41, 5.74) is 1.02. The summed E-state index contributed by atoms with van der Waals surface area (Å²) in [5.74, 6) is -2.69. The van der Waals surface area contributed by atoms with Crippen molar-refractivity contribution in [2.75, 3.05) is 36.0 Å². The number of cyclic esters (lactones) is 1. The molecular formula is C25H25F3N4O3. The molecule has 7 nitrogen and oxygen atoms in total. The first-order valence-corrected chi connectivity index (χ1v) is 11.4. The van der Waals surface area contributed by atoms with E-state index in [9.17, 15) is 23.6 Å². The third-order valence-electron chi connectivity index (χ3n) is 6.45. The lowest BCUT2D eigenvalue weighted by atomic mass is 9.88. The summed E-state index contributed by atoms with van der Waals surface area (Å²) >= 11 is 0. The van der Waals surface area contributed by atoms with Gasteiger partial charge in [-0.1, -0.05) is 6.07 Å². The van der Waals surface area contributed by atoms with Gasteiger partial charge in [0.15, 0.2) is 11.6 Å². The summed E-state index contributed by atoms with van der Waals surface area (Å²) in [6, 6.07) is 8.82. The second kappa shape index (κ2) is 10.3. The molecule has 0 spiro atoms. The van der Waals surface area contributed by atoms with Crippen LogP contribution < -0.4 is 15.1 Å². The standard InChI is InChI=1S/C25H25F3N4O3/c1-15(33)30-13-19-14-32(25(34)35-19)18-3-5-23(22(27)11-18)31-8-6-16(7-9-31)10-17-2-4-21(26)24(28)20(17)12-29/h2-5,11,16,19H,6-10,13-14H2,1H3,(H,30,33)/t19-/m0/s1. The van der Waals surface area contributed by atoms with Gasteiger partial charge in [0, 0.05) is 20.0 Å². The van der Waals surface area contributed by atoms with Crippen LogP contribution in [0, 0.1) is 34.7 Å². The van der Waals surface area contributed by atoms with E-state index in [-0.39, 0.29) is 30.5 Å². The topological polar surface area (TPSA) is 85.7 Å². The van der Waals surface area contributed by atoms with Crippen LogP contribution in [0.1, 0.15) is 30.9 Å². The Bertz CT molecular complexity index is 1180. The SMILES string of the molecule is CC(=O)NC[C@H]1CN(c2ccc(N3CCC(Cc4ccc(F)c(F)c4C#N)CC3)c(F)c2)C(=O)O1. The van der Waals surface area contributed by atoms with Gasteiger partial charge in [0.25, 0.3) is 0 Å². The fourth-order valence-electron chi connectivity index (χ4n) is 4.59. The third kappa shape index (κ3) is 5.34. The largest absolute Gasteiger partial charge is 0.442 e. The van der Waals surface area contributed by atoms with Crippen molar-refractivity contribution in [3.05, 3.63) is 58.9 Å². The lowest BCUT2D eigenvalue weighted by Crippen LogP contribution is -2.35. The lowest BCUT2D eigenvalue weighted by molar-refractivity contribution is -0.119. The Morgan fingerprint density at radius 2 is 1.91 bits per heavy atom. The molecule has 1 atom stereocenters. The molecule has 2 aliphatic rings. The molecule has 2 saturated heterocycles. The van der Waals surface area contributed by atoms with Crippen LogP contribution in [0.5, 0.6) is 0 Å². The van der Waals surface area contributed by atoms with E-state index in [0.29, 0.717) is 49.3 Å². The van der Waals surface area contributed by atoms with E-state index >= 15 is 4.39 Å². The van der Waals surface area contributed by atoms with Gasteiger partial charge in [0.05, 0.1) is 30.0 Å². The lowest BCUT2D eigenvalue weighted by Gasteiger charge is -2.34. The molecule has 0 saturated carbocycles. The van der Waals surface area contributed by atoms with Gasteiger partial charge >= 0.3 is 6.09 Å². The summed E-state index contributed by atoms with van der Waals surface area (Å²) < 4.78 is 47.6. The Morgan fingerprint density at radius 1 is 1.17 bits per heavy atom. The van der Waals surface area contributed by atoms with Crippen molar-refractivity contribution < 1.29 is 27.5 Å². The quantitative estimate of drug-likeness (QED) is 0.670. The van der Waals surface area contributed by atoms with Crippen LogP contribution >= 0.6 is 0 Å². The molecule has 35 heavy (non-hydrogen) atoms. The van der Waals surface area contributed by atoms with Crippen LogP contribution in [0.4, 0.5) is 29.3 Å². The number of carbonyl (C=O) groups excluding carboxylic acids is 2. The van der Waals surface area contributed by atoms with E-state index < -0.39 is 29.6 Å². The highest BCUT2D eigenvalue weighted by molar-refractivity contribution is 5.90. The molecular weight excluding hydrogens is 461 g/mol. The number of nitriles is 1. The van der Waals surface area contributed by atoms with Crippen LogP contribution in [-0.4, -0.2) is 44.3 Å². The van der Waals surface area contributed by atoms with Crippen LogP contribution in [-0.2, 0) is 16.0 Å². The normalized spacial score (nSPS) is 18.4. The van der Waals surface area contributed by atoms with Crippen LogP contribution in [0.25, 0.3) is 0 Å². The van der Waals surface area contributed by atoms with Gasteiger partial charge in [-0.15, -0.1) is 0 Å². The number of amides is 2. The molecule has 0 bridgehead atoms. The summed E-state index contributed by atoms with van der Waals surface area (Å²) in [6.45, 7) is 2.90. The van der Waals surface area contributed by atoms with E-state index in [4.69, 9.17) is 4.74 Å². The van der Waals surface area contributed by atoms with Crippen LogP contribution in [0.3, 0.4) is 0 Å². The van der Waals surface area contributed by atoms with Crippen molar-refractivity contribution in [2.24, 2.45) is 5.92 Å². The number of ether oxygens (including phenoxy) is 1. The predicted molar refractivity (Wildman–Crippen MR) is 122 cm³/mol. The summed E-state index contributed by atoms with van der Waals surface area (Å²) in [4.78, 5) is 26.5. The summed E-state index contributed by atoms with van der Waals surface area (Å²) in [6.07, 6.45) is 0.751. The molecule has 2 heterocycles. The highest BCUT2D eigenvalue weighted by Crippen LogP contribution is 2.32. The number of carbonyl (C=O) groups is 2. The minimum atomic E-state index is -1.12. The number of nitrogens with zero attached hydrogens (tertiary/aromatic N) is 3. The maximum Gasteiger partial charge on any atom is 0.414 e. The van der Waals surface area contributed by atoms with Crippen molar-refractivity contribution in [3.63, 3.8) is 0 Å². The first-order chi connectivity index (χ1) is 16.8. The molecule has 184 valence electrons. The number of piperidine rings is 1. The van der Waals surface area contributed by atoms with E-state index in [1.165, 1.54) is 24.0 Å². The fourth-order valence-corrected chi connectivity index (χ4v) is 4.59. The second-order valence-electron chi connectivity index (χ2n) is 8.83. The van der Waals surface area contributed by atoms with Crippen molar-refractivity contribution >= 4 is 23.4 Å². The highest BCUT2D eigenvalue weighted by atomic mass is 19.2. The molecule has 2 fully saturated rings. The van der Waals surface area contributed by atoms with E-state index in [0.717, 1.165) is 6.07 Å². The molecule has 2 amide bonds. The third-order valence-corrected chi connectivity index (χ3v) is 6.45. The molecule has 0 aliphatic carbocycles. The molecule has 0 radical (unpaired) electrons. The first-order valence-electron chi connectivity index (χ1n) is 11.4. The van der Waals surface area contributed by atoms with Crippen molar-refractivity contribution in [2.45, 2.75) is 32.3 Å². The first kappa shape index (κ1) is 24.4. The second-order valence-corrected chi connectivity index (χ2v) is 8.83. The molecule has 2 aliphatic heterocycles. The van der Waals surface area contributed by atoms with Crippen LogP contribution in [0.2, 0.25) is 0 Å². The Labute approximate surface area is 201 Å². The Morgan fingerprint density at radius 3 is 2.57 bits per heavy atom. The van der Waals surface area contributed by atoms with Crippen molar-refractivity contribution in [3.8, 4) is 6.07 Å². The minimum Gasteiger partial charge on any atom is -0.442 e. The number of benzene rings is 2. The van der Waals surface area contributed by atoms with E-state index in [2.05, 4.69) is 5.32 Å². The fraction of sp³-hybridized carbons (Fsp3) is 0.400. The van der Waals surface area contributed by atoms with E-state index in [1.807, 2.05) is 4.90 Å². The number of rotatable bonds is 6.